The summed E-state index contributed by atoms with van der Waals surface area (Å²) in [6.07, 6.45) is 1.62. The number of aromatic nitrogens is 2. The van der Waals surface area contributed by atoms with Gasteiger partial charge in [0.15, 0.2) is 0 Å². The first-order valence-electron chi connectivity index (χ1n) is 6.25. The maximum Gasteiger partial charge on any atom is 0.255 e. The third-order valence-corrected chi connectivity index (χ3v) is 3.27. The number of carbonyl (C=O) groups is 1. The van der Waals surface area contributed by atoms with E-state index in [9.17, 15) is 9.18 Å². The summed E-state index contributed by atoms with van der Waals surface area (Å²) in [5.74, 6) is -0.748. The maximum atomic E-state index is 13.9. The Bertz CT molecular complexity index is 711. The number of nitrogens with two attached hydrogens (primary N) is 1. The normalized spacial score (nSPS) is 10.4. The Labute approximate surface area is 126 Å². The third-order valence-electron chi connectivity index (χ3n) is 3.04. The Morgan fingerprint density at radius 1 is 1.52 bits per heavy atom. The van der Waals surface area contributed by atoms with Crippen LogP contribution in [0.5, 0.6) is 0 Å². The molecule has 21 heavy (non-hydrogen) atoms. The molecule has 7 heteroatoms. The first kappa shape index (κ1) is 15.1. The molecule has 2 aromatic rings. The summed E-state index contributed by atoms with van der Waals surface area (Å²) >= 11 is 4.78. The number of thiocarbonyl (C=S) groups is 1. The highest BCUT2D eigenvalue weighted by Gasteiger charge is 2.13. The van der Waals surface area contributed by atoms with Crippen molar-refractivity contribution in [3.63, 3.8) is 0 Å². The summed E-state index contributed by atoms with van der Waals surface area (Å²) in [7, 11) is 1.73. The first-order chi connectivity index (χ1) is 9.88. The molecule has 0 atom stereocenters. The van der Waals surface area contributed by atoms with E-state index in [0.29, 0.717) is 22.4 Å². The van der Waals surface area contributed by atoms with Crippen LogP contribution in [0.25, 0.3) is 0 Å². The lowest BCUT2D eigenvalue weighted by atomic mass is 10.1. The first-order valence-corrected chi connectivity index (χ1v) is 6.66. The largest absolute Gasteiger partial charge is 0.389 e. The average Bonchev–Trinajstić information content (AvgIpc) is 2.75. The van der Waals surface area contributed by atoms with Crippen molar-refractivity contribution in [2.75, 3.05) is 0 Å². The van der Waals surface area contributed by atoms with Crippen LogP contribution in [0, 0.1) is 12.7 Å². The fourth-order valence-electron chi connectivity index (χ4n) is 1.94. The Balaban J connectivity index is 2.08. The van der Waals surface area contributed by atoms with Crippen LogP contribution >= 0.6 is 12.2 Å². The van der Waals surface area contributed by atoms with Gasteiger partial charge in [0.1, 0.15) is 10.8 Å². The number of benzene rings is 1. The zero-order valence-corrected chi connectivity index (χ0v) is 12.5. The van der Waals surface area contributed by atoms with Crippen molar-refractivity contribution < 1.29 is 9.18 Å². The molecule has 0 saturated carbocycles. The van der Waals surface area contributed by atoms with Gasteiger partial charge in [-0.2, -0.15) is 5.10 Å². The molecule has 0 radical (unpaired) electrons. The zero-order chi connectivity index (χ0) is 15.6. The van der Waals surface area contributed by atoms with E-state index in [2.05, 4.69) is 10.4 Å². The van der Waals surface area contributed by atoms with Crippen LogP contribution in [0.1, 0.15) is 27.2 Å². The van der Waals surface area contributed by atoms with Gasteiger partial charge in [-0.1, -0.05) is 24.4 Å². The van der Waals surface area contributed by atoms with E-state index < -0.39 is 5.82 Å². The number of nitrogens with one attached hydrogen (secondary N) is 1. The molecule has 0 saturated heterocycles. The molecule has 0 aliphatic heterocycles. The molecule has 0 spiro atoms. The lowest BCUT2D eigenvalue weighted by molar-refractivity contribution is 0.0950. The summed E-state index contributed by atoms with van der Waals surface area (Å²) in [6, 6.07) is 4.45. The van der Waals surface area contributed by atoms with Crippen LogP contribution in [0.4, 0.5) is 4.39 Å². The van der Waals surface area contributed by atoms with Gasteiger partial charge >= 0.3 is 0 Å². The predicted octanol–water partition coefficient (Wildman–Crippen LogP) is 1.43. The third kappa shape index (κ3) is 3.43. The summed E-state index contributed by atoms with van der Waals surface area (Å²) in [4.78, 5) is 12.1. The van der Waals surface area contributed by atoms with E-state index in [1.165, 1.54) is 6.07 Å². The molecular weight excluding hydrogens is 291 g/mol. The summed E-state index contributed by atoms with van der Waals surface area (Å²) < 4.78 is 15.4. The minimum Gasteiger partial charge on any atom is -0.389 e. The fourth-order valence-corrected chi connectivity index (χ4v) is 2.06. The monoisotopic (exact) mass is 306 g/mol. The maximum absolute atomic E-state index is 13.9. The molecule has 1 aromatic carbocycles. The molecule has 0 bridgehead atoms. The van der Waals surface area contributed by atoms with E-state index in [-0.39, 0.29) is 17.4 Å². The van der Waals surface area contributed by atoms with Gasteiger partial charge in [0, 0.05) is 30.9 Å². The zero-order valence-electron chi connectivity index (χ0n) is 11.7. The minimum atomic E-state index is -0.455. The van der Waals surface area contributed by atoms with E-state index in [1.54, 1.807) is 37.0 Å². The average molecular weight is 306 g/mol. The van der Waals surface area contributed by atoms with Crippen molar-refractivity contribution in [2.24, 2.45) is 12.8 Å². The quantitative estimate of drug-likeness (QED) is 0.838. The number of hydrogen-bond acceptors (Lipinski definition) is 3. The number of aryl methyl sites for hydroxylation is 2. The smallest absolute Gasteiger partial charge is 0.255 e. The van der Waals surface area contributed by atoms with Crippen LogP contribution in [0.15, 0.2) is 24.4 Å². The molecule has 0 aliphatic rings. The molecule has 1 heterocycles. The van der Waals surface area contributed by atoms with E-state index >= 15 is 0 Å². The van der Waals surface area contributed by atoms with Crippen LogP contribution in [-0.2, 0) is 13.6 Å². The molecule has 5 nitrogen and oxygen atoms in total. The van der Waals surface area contributed by atoms with Crippen molar-refractivity contribution in [1.29, 1.82) is 0 Å². The van der Waals surface area contributed by atoms with Crippen molar-refractivity contribution in [1.82, 2.24) is 15.1 Å². The lowest BCUT2D eigenvalue weighted by Gasteiger charge is -2.07. The summed E-state index contributed by atoms with van der Waals surface area (Å²) in [6.45, 7) is 1.82. The van der Waals surface area contributed by atoms with Gasteiger partial charge in [-0.3, -0.25) is 9.48 Å². The van der Waals surface area contributed by atoms with Crippen molar-refractivity contribution in [3.8, 4) is 0 Å². The van der Waals surface area contributed by atoms with Gasteiger partial charge in [0.05, 0.1) is 11.3 Å². The fraction of sp³-hybridized carbons (Fsp3) is 0.214. The molecular formula is C14H15FN4OS. The molecule has 1 amide bonds. The highest BCUT2D eigenvalue weighted by Crippen LogP contribution is 2.11. The van der Waals surface area contributed by atoms with Gasteiger partial charge in [-0.15, -0.1) is 0 Å². The van der Waals surface area contributed by atoms with Gasteiger partial charge < -0.3 is 11.1 Å². The topological polar surface area (TPSA) is 72.9 Å². The van der Waals surface area contributed by atoms with E-state index in [4.69, 9.17) is 18.0 Å². The number of halogens is 1. The van der Waals surface area contributed by atoms with Crippen LogP contribution in [0.2, 0.25) is 0 Å². The van der Waals surface area contributed by atoms with Crippen LogP contribution < -0.4 is 11.1 Å². The van der Waals surface area contributed by atoms with Gasteiger partial charge in [-0.25, -0.2) is 4.39 Å². The predicted molar refractivity (Wildman–Crippen MR) is 81.4 cm³/mol. The number of nitrogens with zero attached hydrogens (tertiary/aromatic N) is 2. The SMILES string of the molecule is Cc1nn(C)cc1C(=O)NCc1ccc(C(N)=S)cc1F. The molecule has 110 valence electrons. The highest BCUT2D eigenvalue weighted by atomic mass is 32.1. The summed E-state index contributed by atoms with van der Waals surface area (Å²) in [5, 5.41) is 6.75. The van der Waals surface area contributed by atoms with Crippen molar-refractivity contribution in [2.45, 2.75) is 13.5 Å². The van der Waals surface area contributed by atoms with Gasteiger partial charge in [0.25, 0.3) is 5.91 Å². The van der Waals surface area contributed by atoms with E-state index in [0.717, 1.165) is 0 Å². The molecule has 1 aromatic heterocycles. The van der Waals surface area contributed by atoms with Gasteiger partial charge in [-0.05, 0) is 13.0 Å². The Kier molecular flexibility index (Phi) is 4.32. The molecule has 3 N–H and O–H groups in total. The van der Waals surface area contributed by atoms with Crippen molar-refractivity contribution >= 4 is 23.1 Å². The van der Waals surface area contributed by atoms with Crippen LogP contribution in [-0.4, -0.2) is 20.7 Å². The number of carbonyl (C=O) groups excluding carboxylic acids is 1. The number of rotatable bonds is 4. The number of hydrogen-bond donors (Lipinski definition) is 2. The van der Waals surface area contributed by atoms with Crippen molar-refractivity contribution in [3.05, 3.63) is 52.6 Å². The molecule has 0 aliphatic carbocycles. The second-order valence-corrected chi connectivity index (χ2v) is 5.09. The summed E-state index contributed by atoms with van der Waals surface area (Å²) in [5.41, 5.74) is 7.35. The second-order valence-electron chi connectivity index (χ2n) is 4.65. The molecule has 0 fully saturated rings. The van der Waals surface area contributed by atoms with Crippen LogP contribution in [0.3, 0.4) is 0 Å². The van der Waals surface area contributed by atoms with E-state index in [1.807, 2.05) is 0 Å². The highest BCUT2D eigenvalue weighted by molar-refractivity contribution is 7.80. The Hall–Kier alpha value is -2.28. The number of amides is 1. The van der Waals surface area contributed by atoms with Gasteiger partial charge in [0.2, 0.25) is 0 Å². The molecule has 0 unspecified atom stereocenters. The standard InChI is InChI=1S/C14H15FN4OS/c1-8-11(7-19(2)18-8)14(20)17-6-10-4-3-9(13(16)21)5-12(10)15/h3-5,7H,6H2,1-2H3,(H2,16,21)(H,17,20). The lowest BCUT2D eigenvalue weighted by Crippen LogP contribution is -2.23. The second kappa shape index (κ2) is 6.01. The Morgan fingerprint density at radius 3 is 2.76 bits per heavy atom. The molecule has 2 rings (SSSR count). The Morgan fingerprint density at radius 2 is 2.24 bits per heavy atom. The minimum absolute atomic E-state index is 0.0800.